The van der Waals surface area contributed by atoms with E-state index >= 15 is 0 Å². The summed E-state index contributed by atoms with van der Waals surface area (Å²) >= 11 is 19.6. The minimum atomic E-state index is -0.421. The fourth-order valence-corrected chi connectivity index (χ4v) is 4.13. The van der Waals surface area contributed by atoms with Crippen LogP contribution in [0.2, 0.25) is 15.1 Å². The maximum Gasteiger partial charge on any atom is 0.234 e. The summed E-state index contributed by atoms with van der Waals surface area (Å²) in [6.45, 7) is 8.09. The van der Waals surface area contributed by atoms with Crippen molar-refractivity contribution in [1.82, 2.24) is 14.8 Å². The number of carbonyl (C=O) groups is 1. The molecule has 168 valence electrons. The largest absolute Gasteiger partial charge is 0.481 e. The van der Waals surface area contributed by atoms with Gasteiger partial charge in [-0.3, -0.25) is 9.36 Å². The number of hydrogen-bond acceptors (Lipinski definition) is 5. The predicted molar refractivity (Wildman–Crippen MR) is 131 cm³/mol. The highest BCUT2D eigenvalue weighted by molar-refractivity contribution is 7.99. The Hall–Kier alpha value is -2.19. The zero-order chi connectivity index (χ0) is 23.3. The number of amides is 1. The van der Waals surface area contributed by atoms with Crippen molar-refractivity contribution in [3.63, 3.8) is 0 Å². The lowest BCUT2D eigenvalue weighted by molar-refractivity contribution is -0.113. The van der Waals surface area contributed by atoms with Gasteiger partial charge in [-0.2, -0.15) is 0 Å². The molecule has 0 saturated carbocycles. The third-order valence-electron chi connectivity index (χ3n) is 4.37. The van der Waals surface area contributed by atoms with E-state index in [0.29, 0.717) is 44.0 Å². The highest BCUT2D eigenvalue weighted by atomic mass is 35.5. The first-order chi connectivity index (χ1) is 15.3. The number of allylic oxidation sites excluding steroid dienone is 1. The quantitative estimate of drug-likeness (QED) is 0.259. The van der Waals surface area contributed by atoms with Crippen LogP contribution >= 0.6 is 46.6 Å². The van der Waals surface area contributed by atoms with Crippen LogP contribution in [0.1, 0.15) is 24.4 Å². The Kier molecular flexibility index (Phi) is 8.48. The van der Waals surface area contributed by atoms with Crippen molar-refractivity contribution in [2.24, 2.45) is 0 Å². The molecule has 1 atom stereocenters. The van der Waals surface area contributed by atoms with E-state index in [1.54, 1.807) is 30.3 Å². The van der Waals surface area contributed by atoms with Crippen molar-refractivity contribution in [3.8, 4) is 5.75 Å². The monoisotopic (exact) mass is 510 g/mol. The summed E-state index contributed by atoms with van der Waals surface area (Å²) in [4.78, 5) is 12.4. The van der Waals surface area contributed by atoms with Crippen LogP contribution in [0, 0.1) is 6.92 Å². The molecule has 1 aromatic heterocycles. The summed E-state index contributed by atoms with van der Waals surface area (Å²) in [5.74, 6) is 1.03. The van der Waals surface area contributed by atoms with Crippen molar-refractivity contribution in [1.29, 1.82) is 0 Å². The average Bonchev–Trinajstić information content (AvgIpc) is 3.15. The summed E-state index contributed by atoms with van der Waals surface area (Å²) in [6.07, 6.45) is 1.31. The number of nitrogens with one attached hydrogen (secondary N) is 1. The molecule has 1 N–H and O–H groups in total. The summed E-state index contributed by atoms with van der Waals surface area (Å²) in [5, 5.41) is 13.0. The molecule has 1 heterocycles. The van der Waals surface area contributed by atoms with Crippen LogP contribution in [-0.2, 0) is 11.3 Å². The molecule has 0 saturated heterocycles. The highest BCUT2D eigenvalue weighted by Gasteiger charge is 2.21. The molecule has 0 fully saturated rings. The number of benzene rings is 2. The SMILES string of the molecule is C=CCn1c(SCC(=O)Nc2cccc(Cl)c2Cl)nnc1C(C)Oc1cc(C)ccc1Cl. The third kappa shape index (κ3) is 5.98. The second-order valence-electron chi connectivity index (χ2n) is 6.87. The van der Waals surface area contributed by atoms with Crippen LogP contribution < -0.4 is 10.1 Å². The summed E-state index contributed by atoms with van der Waals surface area (Å²) in [5.41, 5.74) is 1.49. The first-order valence-electron chi connectivity index (χ1n) is 9.63. The van der Waals surface area contributed by atoms with Gasteiger partial charge in [-0.25, -0.2) is 0 Å². The predicted octanol–water partition coefficient (Wildman–Crippen LogP) is 6.60. The van der Waals surface area contributed by atoms with Crippen molar-refractivity contribution in [3.05, 3.63) is 75.5 Å². The normalized spacial score (nSPS) is 11.8. The molecule has 3 rings (SSSR count). The lowest BCUT2D eigenvalue weighted by atomic mass is 10.2. The topological polar surface area (TPSA) is 69.0 Å². The molecule has 32 heavy (non-hydrogen) atoms. The Morgan fingerprint density at radius 3 is 2.78 bits per heavy atom. The highest BCUT2D eigenvalue weighted by Crippen LogP contribution is 2.31. The molecule has 10 heteroatoms. The van der Waals surface area contributed by atoms with E-state index in [9.17, 15) is 4.79 Å². The maximum absolute atomic E-state index is 12.4. The minimum absolute atomic E-state index is 0.108. The summed E-state index contributed by atoms with van der Waals surface area (Å²) in [6, 6.07) is 10.6. The van der Waals surface area contributed by atoms with Gasteiger partial charge >= 0.3 is 0 Å². The lowest BCUT2D eigenvalue weighted by Crippen LogP contribution is -2.16. The molecule has 0 radical (unpaired) electrons. The van der Waals surface area contributed by atoms with Gasteiger partial charge in [-0.1, -0.05) is 64.8 Å². The Balaban J connectivity index is 1.71. The molecule has 1 unspecified atom stereocenters. The second-order valence-corrected chi connectivity index (χ2v) is 9.01. The molecule has 0 aliphatic carbocycles. The number of nitrogens with zero attached hydrogens (tertiary/aromatic N) is 3. The van der Waals surface area contributed by atoms with Crippen LogP contribution in [0.4, 0.5) is 5.69 Å². The van der Waals surface area contributed by atoms with Crippen molar-refractivity contribution < 1.29 is 9.53 Å². The van der Waals surface area contributed by atoms with Crippen molar-refractivity contribution in [2.45, 2.75) is 31.7 Å². The summed E-state index contributed by atoms with van der Waals surface area (Å²) < 4.78 is 7.89. The first kappa shape index (κ1) is 24.5. The van der Waals surface area contributed by atoms with Gasteiger partial charge < -0.3 is 10.1 Å². The average molecular weight is 512 g/mol. The molecule has 0 spiro atoms. The number of ether oxygens (including phenoxy) is 1. The Morgan fingerprint density at radius 2 is 2.03 bits per heavy atom. The number of anilines is 1. The number of aryl methyl sites for hydroxylation is 1. The molecule has 0 bridgehead atoms. The standard InChI is InChI=1S/C22H21Cl3N4O2S/c1-4-10-29-21(14(3)31-18-11-13(2)8-9-15(18)23)27-28-22(29)32-12-19(30)26-17-7-5-6-16(24)20(17)25/h4-9,11,14H,1,10,12H2,2-3H3,(H,26,30). The summed E-state index contributed by atoms with van der Waals surface area (Å²) in [7, 11) is 0. The third-order valence-corrected chi connectivity index (χ3v) is 6.47. The molecule has 3 aromatic rings. The minimum Gasteiger partial charge on any atom is -0.481 e. The maximum atomic E-state index is 12.4. The van der Waals surface area contributed by atoms with E-state index in [2.05, 4.69) is 22.1 Å². The Morgan fingerprint density at radius 1 is 1.25 bits per heavy atom. The van der Waals surface area contributed by atoms with E-state index in [1.807, 2.05) is 30.5 Å². The number of carbonyl (C=O) groups excluding carboxylic acids is 1. The van der Waals surface area contributed by atoms with E-state index < -0.39 is 6.10 Å². The smallest absolute Gasteiger partial charge is 0.234 e. The van der Waals surface area contributed by atoms with Crippen LogP contribution in [0.15, 0.2) is 54.2 Å². The van der Waals surface area contributed by atoms with Crippen LogP contribution in [0.25, 0.3) is 0 Å². The molecule has 6 nitrogen and oxygen atoms in total. The number of aromatic nitrogens is 3. The van der Waals surface area contributed by atoms with Gasteiger partial charge in [0.05, 0.1) is 26.5 Å². The zero-order valence-electron chi connectivity index (χ0n) is 17.4. The van der Waals surface area contributed by atoms with Crippen molar-refractivity contribution >= 4 is 58.2 Å². The molecular formula is C22H21Cl3N4O2S. The van der Waals surface area contributed by atoms with Gasteiger partial charge in [0.15, 0.2) is 17.1 Å². The lowest BCUT2D eigenvalue weighted by Gasteiger charge is -2.17. The van der Waals surface area contributed by atoms with Gasteiger partial charge in [0.1, 0.15) is 5.75 Å². The number of thioether (sulfide) groups is 1. The molecular weight excluding hydrogens is 491 g/mol. The number of halogens is 3. The van der Waals surface area contributed by atoms with Crippen molar-refractivity contribution in [2.75, 3.05) is 11.1 Å². The molecule has 0 aliphatic rings. The van der Waals surface area contributed by atoms with E-state index in [0.717, 1.165) is 5.56 Å². The van der Waals surface area contributed by atoms with Gasteiger partial charge in [-0.05, 0) is 43.7 Å². The molecule has 1 amide bonds. The van der Waals surface area contributed by atoms with Gasteiger partial charge in [-0.15, -0.1) is 16.8 Å². The van der Waals surface area contributed by atoms with Crippen LogP contribution in [-0.4, -0.2) is 26.4 Å². The van der Waals surface area contributed by atoms with Gasteiger partial charge in [0.2, 0.25) is 5.91 Å². The number of rotatable bonds is 9. The van der Waals surface area contributed by atoms with Gasteiger partial charge in [0.25, 0.3) is 0 Å². The Labute approximate surface area is 205 Å². The number of hydrogen-bond donors (Lipinski definition) is 1. The van der Waals surface area contributed by atoms with Crippen LogP contribution in [0.3, 0.4) is 0 Å². The Bertz CT molecular complexity index is 1140. The van der Waals surface area contributed by atoms with E-state index in [1.165, 1.54) is 11.8 Å². The fraction of sp³-hybridized carbons (Fsp3) is 0.227. The fourth-order valence-electron chi connectivity index (χ4n) is 2.87. The molecule has 0 aliphatic heterocycles. The van der Waals surface area contributed by atoms with E-state index in [4.69, 9.17) is 39.5 Å². The van der Waals surface area contributed by atoms with Crippen LogP contribution in [0.5, 0.6) is 5.75 Å². The second kappa shape index (κ2) is 11.1. The molecule has 2 aromatic carbocycles. The zero-order valence-corrected chi connectivity index (χ0v) is 20.5. The van der Waals surface area contributed by atoms with E-state index in [-0.39, 0.29) is 11.7 Å². The van der Waals surface area contributed by atoms with Gasteiger partial charge in [0, 0.05) is 6.54 Å². The first-order valence-corrected chi connectivity index (χ1v) is 11.8.